The molecule has 0 aromatic heterocycles. The van der Waals surface area contributed by atoms with Crippen molar-refractivity contribution >= 4 is 35.5 Å². The summed E-state index contributed by atoms with van der Waals surface area (Å²) in [5.74, 6) is -1.16. The van der Waals surface area contributed by atoms with Crippen molar-refractivity contribution in [3.63, 3.8) is 0 Å². The van der Waals surface area contributed by atoms with Crippen LogP contribution in [0.25, 0.3) is 0 Å². The van der Waals surface area contributed by atoms with Gasteiger partial charge < -0.3 is 15.9 Å². The third kappa shape index (κ3) is 2.98. The second-order valence-corrected chi connectivity index (χ2v) is 1.97. The molecule has 4 nitrogen and oxygen atoms in total. The zero-order valence-corrected chi connectivity index (χ0v) is 5.29. The van der Waals surface area contributed by atoms with Crippen LogP contribution in [0.4, 0.5) is 0 Å². The number of aliphatic hydroxyl groups is 1. The third-order valence-corrected chi connectivity index (χ3v) is 1.34. The zero-order valence-electron chi connectivity index (χ0n) is 5.29. The number of rotatable bonds is 3. The molecule has 56 valence electrons. The maximum absolute atomic E-state index is 10.2. The summed E-state index contributed by atoms with van der Waals surface area (Å²) >= 11 is 0. The normalized spacial score (nSPS) is 15.1. The van der Waals surface area contributed by atoms with Gasteiger partial charge in [-0.15, -0.1) is 0 Å². The molecule has 5 heteroatoms. The summed E-state index contributed by atoms with van der Waals surface area (Å²) in [4.78, 5) is 10.2. The molecule has 0 rings (SSSR count). The van der Waals surface area contributed by atoms with Crippen molar-refractivity contribution < 1.29 is 15.0 Å². The molecule has 10 heavy (non-hydrogen) atoms. The molecular weight excluding hydrogens is 145 g/mol. The van der Waals surface area contributed by atoms with Gasteiger partial charge in [0.1, 0.15) is 5.54 Å². The molecule has 0 aromatic carbocycles. The molecule has 0 fully saturated rings. The van der Waals surface area contributed by atoms with Crippen molar-refractivity contribution in [1.82, 2.24) is 0 Å². The third-order valence-electron chi connectivity index (χ3n) is 1.34. The molecule has 0 aromatic rings. The Bertz CT molecular complexity index is 113. The summed E-state index contributed by atoms with van der Waals surface area (Å²) in [7, 11) is 0. The van der Waals surface area contributed by atoms with Crippen LogP contribution >= 0.6 is 0 Å². The quantitative estimate of drug-likeness (QED) is 0.436. The van der Waals surface area contributed by atoms with E-state index in [2.05, 4.69) is 0 Å². The minimum atomic E-state index is -1.44. The Morgan fingerprint density at radius 2 is 2.10 bits per heavy atom. The molecule has 0 bridgehead atoms. The van der Waals surface area contributed by atoms with Crippen molar-refractivity contribution in [2.45, 2.75) is 18.9 Å². The van der Waals surface area contributed by atoms with Crippen molar-refractivity contribution in [3.05, 3.63) is 0 Å². The summed E-state index contributed by atoms with van der Waals surface area (Å²) in [5.41, 5.74) is 3.75. The fourth-order valence-corrected chi connectivity index (χ4v) is 0.331. The van der Waals surface area contributed by atoms with Gasteiger partial charge in [-0.2, -0.15) is 0 Å². The zero-order chi connectivity index (χ0) is 7.49. The predicted octanol–water partition coefficient (Wildman–Crippen LogP) is -1.48. The average Bonchev–Trinajstić information content (AvgIpc) is 1.86. The molecule has 0 saturated carbocycles. The van der Waals surface area contributed by atoms with Gasteiger partial charge in [-0.3, -0.25) is 4.79 Å². The van der Waals surface area contributed by atoms with Gasteiger partial charge in [0.15, 0.2) is 0 Å². The van der Waals surface area contributed by atoms with E-state index in [4.69, 9.17) is 15.9 Å². The molecule has 0 radical (unpaired) electrons. The predicted molar refractivity (Wildman–Crippen MR) is 39.1 cm³/mol. The van der Waals surface area contributed by atoms with E-state index >= 15 is 0 Å². The van der Waals surface area contributed by atoms with E-state index in [1.54, 1.807) is 6.92 Å². The van der Waals surface area contributed by atoms with Crippen LogP contribution in [0.5, 0.6) is 0 Å². The number of carboxylic acids is 1. The average molecular weight is 157 g/mol. The van der Waals surface area contributed by atoms with Gasteiger partial charge in [-0.25, -0.2) is 0 Å². The molecule has 0 aliphatic heterocycles. The van der Waals surface area contributed by atoms with Crippen molar-refractivity contribution in [1.29, 1.82) is 0 Å². The van der Waals surface area contributed by atoms with E-state index in [1.165, 1.54) is 0 Å². The Labute approximate surface area is 81.7 Å². The van der Waals surface area contributed by atoms with Gasteiger partial charge >= 0.3 is 35.5 Å². The number of aliphatic hydroxyl groups excluding tert-OH is 1. The Balaban J connectivity index is 0. The summed E-state index contributed by atoms with van der Waals surface area (Å²) < 4.78 is 0. The van der Waals surface area contributed by atoms with Crippen molar-refractivity contribution in [2.75, 3.05) is 6.61 Å². The van der Waals surface area contributed by atoms with E-state index in [0.717, 1.165) is 0 Å². The van der Waals surface area contributed by atoms with Crippen LogP contribution in [0.15, 0.2) is 0 Å². The molecular formula is C5H12NNaO3. The van der Waals surface area contributed by atoms with Gasteiger partial charge in [0.25, 0.3) is 0 Å². The number of carbonyl (C=O) groups is 1. The van der Waals surface area contributed by atoms with Crippen LogP contribution in [0.1, 0.15) is 13.3 Å². The van der Waals surface area contributed by atoms with E-state index in [1.807, 2.05) is 0 Å². The van der Waals surface area contributed by atoms with E-state index < -0.39 is 18.1 Å². The SMILES string of the molecule is CCC(N)(CO)C(=O)O.[NaH]. The standard InChI is InChI=1S/C5H11NO3.Na.H/c1-2-5(6,3-7)4(8)9;;/h7H,2-3,6H2,1H3,(H,8,9);;. The van der Waals surface area contributed by atoms with Crippen molar-refractivity contribution in [3.8, 4) is 0 Å². The number of carboxylic acid groups (broad SMARTS) is 1. The fourth-order valence-electron chi connectivity index (χ4n) is 0.331. The van der Waals surface area contributed by atoms with Gasteiger partial charge in [0.2, 0.25) is 0 Å². The van der Waals surface area contributed by atoms with Crippen LogP contribution in [-0.4, -0.2) is 57.9 Å². The fraction of sp³-hybridized carbons (Fsp3) is 0.800. The first-order valence-corrected chi connectivity index (χ1v) is 2.70. The molecule has 1 atom stereocenters. The Morgan fingerprint density at radius 1 is 1.70 bits per heavy atom. The Kier molecular flexibility index (Phi) is 6.63. The number of hydrogen-bond acceptors (Lipinski definition) is 3. The van der Waals surface area contributed by atoms with E-state index in [0.29, 0.717) is 0 Å². The number of nitrogens with two attached hydrogens (primary N) is 1. The summed E-state index contributed by atoms with van der Waals surface area (Å²) in [6, 6.07) is 0. The van der Waals surface area contributed by atoms with Crippen LogP contribution in [0.3, 0.4) is 0 Å². The molecule has 0 amide bonds. The molecule has 0 aliphatic carbocycles. The second kappa shape index (κ2) is 5.09. The molecule has 4 N–H and O–H groups in total. The van der Waals surface area contributed by atoms with Crippen LogP contribution in [-0.2, 0) is 4.79 Å². The van der Waals surface area contributed by atoms with Crippen molar-refractivity contribution in [2.24, 2.45) is 5.73 Å². The van der Waals surface area contributed by atoms with Gasteiger partial charge in [-0.05, 0) is 6.42 Å². The topological polar surface area (TPSA) is 83.5 Å². The summed E-state index contributed by atoms with van der Waals surface area (Å²) in [5, 5.41) is 16.8. The Morgan fingerprint density at radius 3 is 2.10 bits per heavy atom. The number of aliphatic carboxylic acids is 1. The first-order valence-electron chi connectivity index (χ1n) is 2.70. The molecule has 1 unspecified atom stereocenters. The Hall–Kier alpha value is 0.390. The minimum absolute atomic E-state index is 0. The van der Waals surface area contributed by atoms with Crippen LogP contribution < -0.4 is 5.73 Å². The molecule has 0 spiro atoms. The first kappa shape index (κ1) is 13.0. The molecule has 0 saturated heterocycles. The molecule has 0 heterocycles. The van der Waals surface area contributed by atoms with E-state index in [9.17, 15) is 4.79 Å². The monoisotopic (exact) mass is 157 g/mol. The number of hydrogen-bond donors (Lipinski definition) is 3. The van der Waals surface area contributed by atoms with Crippen LogP contribution in [0.2, 0.25) is 0 Å². The first-order chi connectivity index (χ1) is 4.06. The second-order valence-electron chi connectivity index (χ2n) is 1.97. The van der Waals surface area contributed by atoms with Gasteiger partial charge in [0, 0.05) is 0 Å². The van der Waals surface area contributed by atoms with Gasteiger partial charge in [0.05, 0.1) is 6.61 Å². The maximum atomic E-state index is 10.2. The van der Waals surface area contributed by atoms with E-state index in [-0.39, 0.29) is 36.0 Å². The molecule has 0 aliphatic rings. The van der Waals surface area contributed by atoms with Crippen LogP contribution in [0, 0.1) is 0 Å². The van der Waals surface area contributed by atoms with Gasteiger partial charge in [-0.1, -0.05) is 6.92 Å². The summed E-state index contributed by atoms with van der Waals surface area (Å²) in [6.45, 7) is 1.10. The summed E-state index contributed by atoms with van der Waals surface area (Å²) in [6.07, 6.45) is 0.235.